The Morgan fingerprint density at radius 2 is 2.23 bits per heavy atom. The Kier molecular flexibility index (Phi) is 3.11. The molecule has 0 unspecified atom stereocenters. The van der Waals surface area contributed by atoms with Gasteiger partial charge in [0.2, 0.25) is 0 Å². The molecule has 5 heteroatoms. The first-order valence-electron chi connectivity index (χ1n) is 3.53. The lowest BCUT2D eigenvalue weighted by atomic mass is 10.2. The summed E-state index contributed by atoms with van der Waals surface area (Å²) in [5.41, 5.74) is 3.32. The van der Waals surface area contributed by atoms with E-state index >= 15 is 0 Å². The molecule has 0 aliphatic rings. The van der Waals surface area contributed by atoms with E-state index in [-0.39, 0.29) is 0 Å². The van der Waals surface area contributed by atoms with Gasteiger partial charge in [-0.2, -0.15) is 0 Å². The van der Waals surface area contributed by atoms with Crippen molar-refractivity contribution >= 4 is 23.3 Å². The average Bonchev–Trinajstić information content (AvgIpc) is 2.15. The monoisotopic (exact) mass is 200 g/mol. The second-order valence-electron chi connectivity index (χ2n) is 2.36. The fourth-order valence-corrected chi connectivity index (χ4v) is 1.14. The maximum absolute atomic E-state index is 11.1. The van der Waals surface area contributed by atoms with Crippen molar-refractivity contribution < 1.29 is 9.53 Å². The quantitative estimate of drug-likeness (QED) is 0.431. The zero-order valence-corrected chi connectivity index (χ0v) is 7.76. The molecule has 0 aromatic heterocycles. The molecule has 0 heterocycles. The van der Waals surface area contributed by atoms with Crippen molar-refractivity contribution in [2.45, 2.75) is 0 Å². The molecular formula is C8H9ClN2O2. The molecule has 0 saturated heterocycles. The Morgan fingerprint density at radius 1 is 1.54 bits per heavy atom. The summed E-state index contributed by atoms with van der Waals surface area (Å²) >= 11 is 5.73. The van der Waals surface area contributed by atoms with Crippen molar-refractivity contribution in [3.8, 4) is 0 Å². The predicted molar refractivity (Wildman–Crippen MR) is 50.6 cm³/mol. The summed E-state index contributed by atoms with van der Waals surface area (Å²) in [5, 5.41) is 0.427. The van der Waals surface area contributed by atoms with Crippen LogP contribution in [0.4, 0.5) is 5.69 Å². The molecule has 13 heavy (non-hydrogen) atoms. The van der Waals surface area contributed by atoms with Crippen LogP contribution in [0.5, 0.6) is 0 Å². The van der Waals surface area contributed by atoms with Crippen LogP contribution in [-0.2, 0) is 4.74 Å². The summed E-state index contributed by atoms with van der Waals surface area (Å²) < 4.78 is 4.52. The van der Waals surface area contributed by atoms with E-state index in [0.29, 0.717) is 16.3 Å². The number of hydrogen-bond acceptors (Lipinski definition) is 4. The van der Waals surface area contributed by atoms with Crippen LogP contribution in [0.15, 0.2) is 18.2 Å². The van der Waals surface area contributed by atoms with Crippen LogP contribution in [0.25, 0.3) is 0 Å². The second-order valence-corrected chi connectivity index (χ2v) is 2.80. The van der Waals surface area contributed by atoms with Gasteiger partial charge in [-0.05, 0) is 18.2 Å². The summed E-state index contributed by atoms with van der Waals surface area (Å²) in [6, 6.07) is 4.67. The summed E-state index contributed by atoms with van der Waals surface area (Å²) in [5.74, 6) is 4.72. The van der Waals surface area contributed by atoms with Gasteiger partial charge in [0.05, 0.1) is 18.4 Å². The highest BCUT2D eigenvalue weighted by Gasteiger charge is 2.07. The molecule has 0 aliphatic heterocycles. The molecule has 1 rings (SSSR count). The first-order valence-corrected chi connectivity index (χ1v) is 3.90. The van der Waals surface area contributed by atoms with Gasteiger partial charge < -0.3 is 10.2 Å². The third kappa shape index (κ3) is 2.34. The molecule has 3 N–H and O–H groups in total. The summed E-state index contributed by atoms with van der Waals surface area (Å²) in [6.07, 6.45) is 0. The first-order chi connectivity index (χ1) is 6.17. The van der Waals surface area contributed by atoms with Gasteiger partial charge in [0, 0.05) is 5.02 Å². The number of carbonyl (C=O) groups is 1. The Labute approximate surface area is 80.6 Å². The van der Waals surface area contributed by atoms with Gasteiger partial charge in [-0.25, -0.2) is 4.79 Å². The van der Waals surface area contributed by atoms with E-state index in [0.717, 1.165) is 0 Å². The van der Waals surface area contributed by atoms with Crippen LogP contribution in [0.1, 0.15) is 10.4 Å². The number of anilines is 1. The summed E-state index contributed by atoms with van der Waals surface area (Å²) in [6.45, 7) is 0. The van der Waals surface area contributed by atoms with Gasteiger partial charge in [-0.3, -0.25) is 5.84 Å². The molecular weight excluding hydrogens is 192 g/mol. The van der Waals surface area contributed by atoms with Crippen molar-refractivity contribution in [3.05, 3.63) is 28.8 Å². The van der Waals surface area contributed by atoms with Crippen molar-refractivity contribution in [1.82, 2.24) is 0 Å². The molecule has 0 spiro atoms. The maximum Gasteiger partial charge on any atom is 0.337 e. The van der Waals surface area contributed by atoms with Gasteiger partial charge >= 0.3 is 5.97 Å². The van der Waals surface area contributed by atoms with Gasteiger partial charge in [-0.15, -0.1) is 0 Å². The van der Waals surface area contributed by atoms with E-state index in [4.69, 9.17) is 17.4 Å². The number of benzene rings is 1. The normalized spacial score (nSPS) is 9.46. The molecule has 0 saturated carbocycles. The molecule has 1 aromatic carbocycles. The first kappa shape index (κ1) is 9.83. The number of rotatable bonds is 2. The highest BCUT2D eigenvalue weighted by Crippen LogP contribution is 2.18. The number of nitrogens with two attached hydrogens (primary N) is 1. The summed E-state index contributed by atoms with van der Waals surface area (Å²) in [4.78, 5) is 11.1. The number of methoxy groups -OCH3 is 1. The molecule has 1 aromatic rings. The van der Waals surface area contributed by atoms with Gasteiger partial charge in [-0.1, -0.05) is 11.6 Å². The third-order valence-corrected chi connectivity index (χ3v) is 1.70. The highest BCUT2D eigenvalue weighted by molar-refractivity contribution is 6.31. The van der Waals surface area contributed by atoms with E-state index in [1.54, 1.807) is 12.1 Å². The number of carbonyl (C=O) groups excluding carboxylic acids is 1. The molecule has 0 atom stereocenters. The zero-order chi connectivity index (χ0) is 9.84. The number of nitrogens with one attached hydrogen (secondary N) is 1. The smallest absolute Gasteiger partial charge is 0.337 e. The number of hydrogen-bond donors (Lipinski definition) is 2. The fourth-order valence-electron chi connectivity index (χ4n) is 0.909. The van der Waals surface area contributed by atoms with Crippen molar-refractivity contribution in [2.75, 3.05) is 12.5 Å². The predicted octanol–water partition coefficient (Wildman–Crippen LogP) is 1.41. The maximum atomic E-state index is 11.1. The lowest BCUT2D eigenvalue weighted by Crippen LogP contribution is -2.08. The van der Waals surface area contributed by atoms with Crippen LogP contribution < -0.4 is 11.3 Å². The van der Waals surface area contributed by atoms with E-state index in [1.807, 2.05) is 0 Å². The van der Waals surface area contributed by atoms with Crippen molar-refractivity contribution in [2.24, 2.45) is 5.84 Å². The standard InChI is InChI=1S/C8H9ClN2O2/c1-13-8(12)5-2-6(9)4-7(3-5)11-10/h2-4,11H,10H2,1H3. The minimum atomic E-state index is -0.445. The molecule has 0 aliphatic carbocycles. The summed E-state index contributed by atoms with van der Waals surface area (Å²) in [7, 11) is 1.30. The largest absolute Gasteiger partial charge is 0.465 e. The van der Waals surface area contributed by atoms with E-state index in [2.05, 4.69) is 10.2 Å². The lowest BCUT2D eigenvalue weighted by Gasteiger charge is -2.03. The molecule has 4 nitrogen and oxygen atoms in total. The SMILES string of the molecule is COC(=O)c1cc(Cl)cc(NN)c1. The number of nitrogen functional groups attached to an aromatic ring is 1. The number of ether oxygens (including phenoxy) is 1. The molecule has 0 amide bonds. The second kappa shape index (κ2) is 4.11. The zero-order valence-electron chi connectivity index (χ0n) is 7.00. The minimum Gasteiger partial charge on any atom is -0.465 e. The van der Waals surface area contributed by atoms with Crippen LogP contribution in [0.2, 0.25) is 5.02 Å². The Morgan fingerprint density at radius 3 is 2.77 bits per heavy atom. The van der Waals surface area contributed by atoms with Crippen molar-refractivity contribution in [3.63, 3.8) is 0 Å². The molecule has 70 valence electrons. The van der Waals surface area contributed by atoms with Crippen LogP contribution in [0.3, 0.4) is 0 Å². The van der Waals surface area contributed by atoms with E-state index < -0.39 is 5.97 Å². The molecule has 0 bridgehead atoms. The number of esters is 1. The Bertz CT molecular complexity index is 328. The highest BCUT2D eigenvalue weighted by atomic mass is 35.5. The Hall–Kier alpha value is -1.26. The van der Waals surface area contributed by atoms with E-state index in [1.165, 1.54) is 13.2 Å². The number of halogens is 1. The lowest BCUT2D eigenvalue weighted by molar-refractivity contribution is 0.0601. The Balaban J connectivity index is 3.08. The van der Waals surface area contributed by atoms with Crippen LogP contribution >= 0.6 is 11.6 Å². The van der Waals surface area contributed by atoms with Crippen LogP contribution in [0, 0.1) is 0 Å². The fraction of sp³-hybridized carbons (Fsp3) is 0.125. The third-order valence-electron chi connectivity index (χ3n) is 1.49. The molecule has 0 radical (unpaired) electrons. The van der Waals surface area contributed by atoms with E-state index in [9.17, 15) is 4.79 Å². The van der Waals surface area contributed by atoms with Crippen molar-refractivity contribution in [1.29, 1.82) is 0 Å². The minimum absolute atomic E-state index is 0.364. The average molecular weight is 201 g/mol. The number of hydrazine groups is 1. The molecule has 0 fully saturated rings. The van der Waals surface area contributed by atoms with Crippen LogP contribution in [-0.4, -0.2) is 13.1 Å². The van der Waals surface area contributed by atoms with Gasteiger partial charge in [0.15, 0.2) is 0 Å². The topological polar surface area (TPSA) is 64.3 Å². The van der Waals surface area contributed by atoms with Gasteiger partial charge in [0.25, 0.3) is 0 Å². The van der Waals surface area contributed by atoms with Gasteiger partial charge in [0.1, 0.15) is 0 Å².